The molecule has 130 valence electrons. The van der Waals surface area contributed by atoms with Crippen LogP contribution < -0.4 is 0 Å². The molecule has 2 amide bonds. The van der Waals surface area contributed by atoms with Crippen molar-refractivity contribution in [2.75, 3.05) is 47.8 Å². The molecule has 0 bridgehead atoms. The molecule has 0 radical (unpaired) electrons. The van der Waals surface area contributed by atoms with Gasteiger partial charge in [0.2, 0.25) is 0 Å². The van der Waals surface area contributed by atoms with Gasteiger partial charge in [-0.15, -0.1) is 0 Å². The lowest BCUT2D eigenvalue weighted by atomic mass is 9.85. The van der Waals surface area contributed by atoms with Gasteiger partial charge in [0.25, 0.3) is 0 Å². The van der Waals surface area contributed by atoms with E-state index in [0.717, 1.165) is 32.5 Å². The smallest absolute Gasteiger partial charge is 0.319 e. The number of hydrogen-bond donors (Lipinski definition) is 0. The Balaban J connectivity index is 2.72. The number of likely N-dealkylation sites (N-methyl/N-ethyl adjacent to an activating group) is 2. The SMILES string of the molecule is CC(C)N(C)CC1(N(C)C)CCN(C(=O)N(C)C(C)C)CC1. The van der Waals surface area contributed by atoms with Gasteiger partial charge in [-0.05, 0) is 61.7 Å². The average Bonchev–Trinajstić information content (AvgIpc) is 2.45. The van der Waals surface area contributed by atoms with Gasteiger partial charge in [0, 0.05) is 44.3 Å². The van der Waals surface area contributed by atoms with Crippen molar-refractivity contribution in [3.63, 3.8) is 0 Å². The van der Waals surface area contributed by atoms with Crippen molar-refractivity contribution in [2.45, 2.75) is 58.2 Å². The minimum Gasteiger partial charge on any atom is -0.325 e. The average molecular weight is 313 g/mol. The van der Waals surface area contributed by atoms with E-state index in [4.69, 9.17) is 0 Å². The van der Waals surface area contributed by atoms with E-state index in [1.165, 1.54) is 0 Å². The molecular formula is C17H36N4O. The first-order valence-electron chi connectivity index (χ1n) is 8.50. The van der Waals surface area contributed by atoms with Crippen molar-refractivity contribution in [2.24, 2.45) is 0 Å². The summed E-state index contributed by atoms with van der Waals surface area (Å²) >= 11 is 0. The van der Waals surface area contributed by atoms with Gasteiger partial charge in [-0.2, -0.15) is 0 Å². The molecule has 0 aromatic rings. The number of nitrogens with zero attached hydrogens (tertiary/aromatic N) is 4. The molecule has 5 heteroatoms. The van der Waals surface area contributed by atoms with Crippen LogP contribution in [0, 0.1) is 0 Å². The molecule has 0 unspecified atom stereocenters. The van der Waals surface area contributed by atoms with Crippen LogP contribution in [0.1, 0.15) is 40.5 Å². The third kappa shape index (κ3) is 4.35. The molecule has 1 fully saturated rings. The number of likely N-dealkylation sites (tertiary alicyclic amines) is 1. The maximum atomic E-state index is 12.5. The van der Waals surface area contributed by atoms with E-state index < -0.39 is 0 Å². The molecule has 1 rings (SSSR count). The standard InChI is InChI=1S/C17H36N4O/c1-14(2)19(7)13-17(18(5)6)9-11-21(12-10-17)16(22)20(8)15(3)4/h14-15H,9-13H2,1-8H3. The number of carbonyl (C=O) groups excluding carboxylic acids is 1. The van der Waals surface area contributed by atoms with E-state index in [0.29, 0.717) is 6.04 Å². The minimum absolute atomic E-state index is 0.166. The second-order valence-electron chi connectivity index (χ2n) is 7.60. The zero-order chi connectivity index (χ0) is 17.1. The van der Waals surface area contributed by atoms with Crippen LogP contribution in [0.5, 0.6) is 0 Å². The monoisotopic (exact) mass is 312 g/mol. The predicted octanol–water partition coefficient (Wildman–Crippen LogP) is 2.18. The molecule has 1 heterocycles. The normalized spacial score (nSPS) is 18.6. The first-order chi connectivity index (χ1) is 10.1. The minimum atomic E-state index is 0.166. The summed E-state index contributed by atoms with van der Waals surface area (Å²) in [7, 11) is 8.44. The Morgan fingerprint density at radius 3 is 1.86 bits per heavy atom. The predicted molar refractivity (Wildman–Crippen MR) is 93.3 cm³/mol. The maximum absolute atomic E-state index is 12.5. The van der Waals surface area contributed by atoms with Crippen molar-refractivity contribution >= 4 is 6.03 Å². The molecule has 1 aliphatic heterocycles. The lowest BCUT2D eigenvalue weighted by Gasteiger charge is -2.49. The number of rotatable bonds is 5. The van der Waals surface area contributed by atoms with Gasteiger partial charge in [-0.1, -0.05) is 0 Å². The van der Waals surface area contributed by atoms with Crippen LogP contribution in [-0.4, -0.2) is 91.1 Å². The first kappa shape index (κ1) is 19.2. The molecule has 0 aromatic carbocycles. The third-order valence-corrected chi connectivity index (χ3v) is 5.41. The van der Waals surface area contributed by atoms with Gasteiger partial charge in [-0.3, -0.25) is 0 Å². The number of hydrogen-bond acceptors (Lipinski definition) is 3. The van der Waals surface area contributed by atoms with E-state index in [-0.39, 0.29) is 17.6 Å². The second-order valence-corrected chi connectivity index (χ2v) is 7.60. The largest absolute Gasteiger partial charge is 0.325 e. The highest BCUT2D eigenvalue weighted by molar-refractivity contribution is 5.74. The fourth-order valence-electron chi connectivity index (χ4n) is 2.95. The molecule has 0 N–H and O–H groups in total. The summed E-state index contributed by atoms with van der Waals surface area (Å²) in [4.78, 5) is 21.1. The van der Waals surface area contributed by atoms with E-state index in [2.05, 4.69) is 58.6 Å². The summed E-state index contributed by atoms with van der Waals surface area (Å²) in [5.41, 5.74) is 0.173. The Hall–Kier alpha value is -0.810. The van der Waals surface area contributed by atoms with Crippen LogP contribution in [-0.2, 0) is 0 Å². The Labute approximate surface area is 137 Å². The highest BCUT2D eigenvalue weighted by Gasteiger charge is 2.39. The van der Waals surface area contributed by atoms with Crippen LogP contribution in [0.2, 0.25) is 0 Å². The molecular weight excluding hydrogens is 276 g/mol. The maximum Gasteiger partial charge on any atom is 0.319 e. The fourth-order valence-corrected chi connectivity index (χ4v) is 2.95. The Bertz CT molecular complexity index is 360. The molecule has 0 aromatic heterocycles. The molecule has 5 nitrogen and oxygen atoms in total. The van der Waals surface area contributed by atoms with Crippen LogP contribution in [0.3, 0.4) is 0 Å². The van der Waals surface area contributed by atoms with E-state index in [1.807, 2.05) is 16.8 Å². The number of piperidine rings is 1. The van der Waals surface area contributed by atoms with Crippen molar-refractivity contribution < 1.29 is 4.79 Å². The summed E-state index contributed by atoms with van der Waals surface area (Å²) in [6.45, 7) is 11.3. The van der Waals surface area contributed by atoms with E-state index in [9.17, 15) is 4.79 Å². The van der Waals surface area contributed by atoms with Gasteiger partial charge in [0.1, 0.15) is 0 Å². The van der Waals surface area contributed by atoms with E-state index >= 15 is 0 Å². The van der Waals surface area contributed by atoms with E-state index in [1.54, 1.807) is 0 Å². The first-order valence-corrected chi connectivity index (χ1v) is 8.50. The lowest BCUT2D eigenvalue weighted by Crippen LogP contribution is -2.60. The van der Waals surface area contributed by atoms with Crippen LogP contribution >= 0.6 is 0 Å². The van der Waals surface area contributed by atoms with Gasteiger partial charge in [-0.25, -0.2) is 4.79 Å². The number of carbonyl (C=O) groups is 1. The summed E-state index contributed by atoms with van der Waals surface area (Å²) in [6, 6.07) is 0.961. The molecule has 1 aliphatic rings. The third-order valence-electron chi connectivity index (χ3n) is 5.41. The summed E-state index contributed by atoms with van der Waals surface area (Å²) in [5, 5.41) is 0. The topological polar surface area (TPSA) is 30.0 Å². The second kappa shape index (κ2) is 7.64. The zero-order valence-corrected chi connectivity index (χ0v) is 15.9. The quantitative estimate of drug-likeness (QED) is 0.779. The van der Waals surface area contributed by atoms with Crippen molar-refractivity contribution in [1.82, 2.24) is 19.6 Å². The van der Waals surface area contributed by atoms with Gasteiger partial charge < -0.3 is 19.6 Å². The summed E-state index contributed by atoms with van der Waals surface area (Å²) < 4.78 is 0. The van der Waals surface area contributed by atoms with Gasteiger partial charge >= 0.3 is 6.03 Å². The number of urea groups is 1. The van der Waals surface area contributed by atoms with Crippen LogP contribution in [0.15, 0.2) is 0 Å². The Morgan fingerprint density at radius 2 is 1.50 bits per heavy atom. The van der Waals surface area contributed by atoms with Crippen LogP contribution in [0.25, 0.3) is 0 Å². The van der Waals surface area contributed by atoms with Gasteiger partial charge in [0.15, 0.2) is 0 Å². The molecule has 0 spiro atoms. The fraction of sp³-hybridized carbons (Fsp3) is 0.941. The summed E-state index contributed by atoms with van der Waals surface area (Å²) in [5.74, 6) is 0. The highest BCUT2D eigenvalue weighted by atomic mass is 16.2. The molecule has 1 saturated heterocycles. The van der Waals surface area contributed by atoms with Gasteiger partial charge in [0.05, 0.1) is 0 Å². The zero-order valence-electron chi connectivity index (χ0n) is 15.9. The van der Waals surface area contributed by atoms with Crippen LogP contribution in [0.4, 0.5) is 4.79 Å². The molecule has 0 saturated carbocycles. The lowest BCUT2D eigenvalue weighted by molar-refractivity contribution is 0.0281. The molecule has 0 aliphatic carbocycles. The number of amides is 2. The highest BCUT2D eigenvalue weighted by Crippen LogP contribution is 2.29. The van der Waals surface area contributed by atoms with Crippen molar-refractivity contribution in [1.29, 1.82) is 0 Å². The Morgan fingerprint density at radius 1 is 1.00 bits per heavy atom. The van der Waals surface area contributed by atoms with Crippen molar-refractivity contribution in [3.8, 4) is 0 Å². The van der Waals surface area contributed by atoms with Crippen molar-refractivity contribution in [3.05, 3.63) is 0 Å². The summed E-state index contributed by atoms with van der Waals surface area (Å²) in [6.07, 6.45) is 2.07. The molecule has 22 heavy (non-hydrogen) atoms. The molecule has 0 atom stereocenters. The Kier molecular flexibility index (Phi) is 6.68.